The maximum atomic E-state index is 9.75. The summed E-state index contributed by atoms with van der Waals surface area (Å²) in [4.78, 5) is 0. The Bertz CT molecular complexity index is 23.6. The van der Waals surface area contributed by atoms with Crippen LogP contribution in [0.1, 0.15) is 0 Å². The van der Waals surface area contributed by atoms with Gasteiger partial charge in [0.2, 0.25) is 0 Å². The second kappa shape index (κ2) is 4.53. The van der Waals surface area contributed by atoms with Crippen LogP contribution in [0, 0.1) is 0 Å². The van der Waals surface area contributed by atoms with Gasteiger partial charge in [0.25, 0.3) is 0 Å². The average Bonchev–Trinajstić information content (AvgIpc) is 1.36. The summed E-state index contributed by atoms with van der Waals surface area (Å²) in [7, 11) is -6.00. The first-order valence-electron chi connectivity index (χ1n) is 0.992. The van der Waals surface area contributed by atoms with Crippen molar-refractivity contribution in [2.75, 3.05) is 0 Å². The molecule has 0 atom stereocenters. The first kappa shape index (κ1) is 10.4. The molecule has 0 N–H and O–H groups in total. The molecule has 0 aromatic rings. The van der Waals surface area contributed by atoms with Gasteiger partial charge in [-0.1, -0.05) is 0 Å². The Morgan fingerprint density at radius 1 is 0.857 bits per heavy atom. The summed E-state index contributed by atoms with van der Waals surface area (Å²) < 4.78 is 48.4. The molecule has 0 aromatic carbocycles. The first-order valence-corrected chi connectivity index (χ1v) is 1.58. The van der Waals surface area contributed by atoms with Crippen LogP contribution in [0.3, 0.4) is 0 Å². The summed E-state index contributed by atoms with van der Waals surface area (Å²) >= 11 is 1.25. The summed E-state index contributed by atoms with van der Waals surface area (Å²) in [5.74, 6) is 0. The molecule has 7 heteroatoms. The van der Waals surface area contributed by atoms with Crippen molar-refractivity contribution >= 4 is 7.25 Å². The van der Waals surface area contributed by atoms with E-state index in [1.807, 2.05) is 0 Å². The maximum absolute atomic E-state index is 9.75. The molecule has 49 valence electrons. The van der Waals surface area contributed by atoms with E-state index in [1.54, 1.807) is 0 Å². The van der Waals surface area contributed by atoms with E-state index in [2.05, 4.69) is 0 Å². The van der Waals surface area contributed by atoms with Gasteiger partial charge in [-0.3, -0.25) is 0 Å². The molecule has 0 saturated carbocycles. The molecule has 0 radical (unpaired) electrons. The summed E-state index contributed by atoms with van der Waals surface area (Å²) in [6.45, 7) is 0. The Kier molecular flexibility index (Phi) is 6.72. The molecule has 0 aliphatic rings. The first-order chi connectivity index (χ1) is 3.00. The van der Waals surface area contributed by atoms with Gasteiger partial charge >= 0.3 is 30.2 Å². The molecule has 0 spiro atoms. The fraction of sp³-hybridized carbons (Fsp3) is 0. The van der Waals surface area contributed by atoms with Crippen molar-refractivity contribution in [3.63, 3.8) is 0 Å². The quantitative estimate of drug-likeness (QED) is 0.423. The molecule has 0 rings (SSSR count). The number of halogens is 5. The van der Waals surface area contributed by atoms with E-state index < -0.39 is 7.25 Å². The third kappa shape index (κ3) is 858. The summed E-state index contributed by atoms with van der Waals surface area (Å²) in [6, 6.07) is 0. The Balaban J connectivity index is 0. The zero-order valence-corrected chi connectivity index (χ0v) is 4.34. The van der Waals surface area contributed by atoms with Crippen LogP contribution in [-0.2, 0) is 19.7 Å². The molecule has 0 heterocycles. The molecule has 0 aromatic heterocycles. The Morgan fingerprint density at radius 2 is 0.857 bits per heavy atom. The van der Waals surface area contributed by atoms with Crippen LogP contribution in [0.15, 0.2) is 0 Å². The number of hydrogen-bond acceptors (Lipinski definition) is 0. The van der Waals surface area contributed by atoms with Crippen molar-refractivity contribution in [1.82, 2.24) is 0 Å². The van der Waals surface area contributed by atoms with Gasteiger partial charge in [0.05, 0.1) is 0 Å². The topological polar surface area (TPSA) is 0 Å². The molecule has 0 fully saturated rings. The SMILES string of the molecule is F[B-](F)(F)F.[F][Pd]. The number of hydrogen-bond donors (Lipinski definition) is 0. The van der Waals surface area contributed by atoms with E-state index in [0.29, 0.717) is 0 Å². The van der Waals surface area contributed by atoms with Gasteiger partial charge < -0.3 is 17.3 Å². The normalized spacial score (nSPS) is 9.57. The molecule has 0 saturated heterocycles. The van der Waals surface area contributed by atoms with Gasteiger partial charge in [-0.05, 0) is 0 Å². The minimum absolute atomic E-state index is 1.25. The van der Waals surface area contributed by atoms with Crippen molar-refractivity contribution in [1.29, 1.82) is 0 Å². The van der Waals surface area contributed by atoms with Gasteiger partial charge in [-0.15, -0.1) is 0 Å². The van der Waals surface area contributed by atoms with Crippen LogP contribution in [0.4, 0.5) is 20.5 Å². The zero-order valence-electron chi connectivity index (χ0n) is 2.78. The standard InChI is InChI=1S/BF4.FH.Pd/c2-1(3,4)5;;/h;1H;/q-1;;+1/p-1. The van der Waals surface area contributed by atoms with Crippen LogP contribution in [0.5, 0.6) is 0 Å². The molecule has 0 aliphatic heterocycles. The van der Waals surface area contributed by atoms with E-state index in [1.165, 1.54) is 19.7 Å². The predicted molar refractivity (Wildman–Crippen MR) is 11.3 cm³/mol. The monoisotopic (exact) mass is 212 g/mol. The van der Waals surface area contributed by atoms with Crippen molar-refractivity contribution in [3.8, 4) is 0 Å². The Hall–Kier alpha value is 0.377. The minimum atomic E-state index is -6.00. The van der Waals surface area contributed by atoms with Crippen molar-refractivity contribution in [2.24, 2.45) is 0 Å². The molecule has 0 unspecified atom stereocenters. The van der Waals surface area contributed by atoms with Gasteiger partial charge in [0.1, 0.15) is 0 Å². The fourth-order valence-electron chi connectivity index (χ4n) is 0. The van der Waals surface area contributed by atoms with Crippen LogP contribution in [0.25, 0.3) is 0 Å². The van der Waals surface area contributed by atoms with Crippen LogP contribution in [-0.4, -0.2) is 7.25 Å². The molecular formula is BF5Pd-. The zero-order chi connectivity index (χ0) is 6.50. The molecule has 0 bridgehead atoms. The van der Waals surface area contributed by atoms with E-state index in [-0.39, 0.29) is 0 Å². The van der Waals surface area contributed by atoms with E-state index in [9.17, 15) is 20.5 Å². The van der Waals surface area contributed by atoms with Crippen molar-refractivity contribution < 1.29 is 40.2 Å². The van der Waals surface area contributed by atoms with Crippen molar-refractivity contribution in [3.05, 3.63) is 0 Å². The van der Waals surface area contributed by atoms with E-state index in [4.69, 9.17) is 0 Å². The number of rotatable bonds is 0. The molecule has 0 amide bonds. The van der Waals surface area contributed by atoms with Crippen LogP contribution in [0.2, 0.25) is 0 Å². The second-order valence-corrected chi connectivity index (χ2v) is 0.495. The molecular weight excluding hydrogens is 212 g/mol. The average molecular weight is 212 g/mol. The molecule has 7 heavy (non-hydrogen) atoms. The molecule has 0 aliphatic carbocycles. The van der Waals surface area contributed by atoms with Crippen LogP contribution >= 0.6 is 0 Å². The van der Waals surface area contributed by atoms with Gasteiger partial charge in [-0.25, -0.2) is 0 Å². The summed E-state index contributed by atoms with van der Waals surface area (Å²) in [6.07, 6.45) is 0. The Morgan fingerprint density at radius 3 is 0.857 bits per heavy atom. The Labute approximate surface area is 48.2 Å². The van der Waals surface area contributed by atoms with Gasteiger partial charge in [0.15, 0.2) is 0 Å². The third-order valence-electron chi connectivity index (χ3n) is 0. The second-order valence-electron chi connectivity index (χ2n) is 0.495. The van der Waals surface area contributed by atoms with E-state index in [0.717, 1.165) is 0 Å². The van der Waals surface area contributed by atoms with Crippen LogP contribution < -0.4 is 0 Å². The summed E-state index contributed by atoms with van der Waals surface area (Å²) in [5, 5.41) is 0. The van der Waals surface area contributed by atoms with Gasteiger partial charge in [0, 0.05) is 0 Å². The van der Waals surface area contributed by atoms with Crippen molar-refractivity contribution in [2.45, 2.75) is 0 Å². The third-order valence-corrected chi connectivity index (χ3v) is 0. The fourth-order valence-corrected chi connectivity index (χ4v) is 0. The van der Waals surface area contributed by atoms with Gasteiger partial charge in [-0.2, -0.15) is 0 Å². The predicted octanol–water partition coefficient (Wildman–Crippen LogP) is 1.72. The van der Waals surface area contributed by atoms with E-state index >= 15 is 0 Å². The summed E-state index contributed by atoms with van der Waals surface area (Å²) in [5.41, 5.74) is 0. The molecule has 0 nitrogen and oxygen atoms in total.